The van der Waals surface area contributed by atoms with Crippen molar-refractivity contribution in [2.75, 3.05) is 25.5 Å². The molecule has 0 saturated carbocycles. The smallest absolute Gasteiger partial charge is 0.319 e. The van der Waals surface area contributed by atoms with Gasteiger partial charge in [0, 0.05) is 21.8 Å². The first-order valence-electron chi connectivity index (χ1n) is 6.25. The number of amides is 2. The average molecular weight is 302 g/mol. The van der Waals surface area contributed by atoms with Gasteiger partial charge in [-0.15, -0.1) is 0 Å². The van der Waals surface area contributed by atoms with Crippen LogP contribution in [0.3, 0.4) is 0 Å². The van der Waals surface area contributed by atoms with E-state index < -0.39 is 0 Å². The van der Waals surface area contributed by atoms with Crippen LogP contribution in [-0.4, -0.2) is 37.1 Å². The highest BCUT2D eigenvalue weighted by atomic mass is 35.5. The summed E-state index contributed by atoms with van der Waals surface area (Å²) in [5.41, 5.74) is 0.600. The lowest BCUT2D eigenvalue weighted by Gasteiger charge is -2.29. The molecule has 4 nitrogen and oxygen atoms in total. The van der Waals surface area contributed by atoms with Crippen molar-refractivity contribution in [2.24, 2.45) is 0 Å². The van der Waals surface area contributed by atoms with E-state index >= 15 is 0 Å². The lowest BCUT2D eigenvalue weighted by Crippen LogP contribution is -2.44. The minimum Gasteiger partial charge on any atom is -0.335 e. The molecule has 1 aromatic rings. The molecule has 104 valence electrons. The Labute approximate surface area is 123 Å². The van der Waals surface area contributed by atoms with Crippen LogP contribution in [0.2, 0.25) is 10.0 Å². The topological polar surface area (TPSA) is 44.4 Å². The molecule has 2 rings (SSSR count). The summed E-state index contributed by atoms with van der Waals surface area (Å²) < 4.78 is 0. The lowest BCUT2D eigenvalue weighted by molar-refractivity contribution is 0.221. The van der Waals surface area contributed by atoms with Crippen molar-refractivity contribution in [3.05, 3.63) is 28.2 Å². The highest BCUT2D eigenvalue weighted by Gasteiger charge is 2.18. The van der Waals surface area contributed by atoms with Gasteiger partial charge in [-0.3, -0.25) is 0 Å². The molecule has 2 N–H and O–H groups in total. The van der Waals surface area contributed by atoms with Crippen LogP contribution in [0.25, 0.3) is 0 Å². The summed E-state index contributed by atoms with van der Waals surface area (Å²) in [6.07, 6.45) is 1.94. The first-order chi connectivity index (χ1) is 9.02. The number of urea groups is 1. The second-order valence-corrected chi connectivity index (χ2v) is 5.71. The van der Waals surface area contributed by atoms with Gasteiger partial charge in [0.25, 0.3) is 0 Å². The highest BCUT2D eigenvalue weighted by molar-refractivity contribution is 6.35. The minimum atomic E-state index is -0.215. The van der Waals surface area contributed by atoms with Crippen LogP contribution < -0.4 is 10.6 Å². The number of hydrogen-bond donors (Lipinski definition) is 2. The summed E-state index contributed by atoms with van der Waals surface area (Å²) in [5, 5.41) is 6.72. The molecule has 0 aromatic heterocycles. The molecule has 0 spiro atoms. The van der Waals surface area contributed by atoms with Gasteiger partial charge in [-0.2, -0.15) is 0 Å². The van der Waals surface area contributed by atoms with Crippen molar-refractivity contribution >= 4 is 34.9 Å². The average Bonchev–Trinajstić information content (AvgIpc) is 2.30. The summed E-state index contributed by atoms with van der Waals surface area (Å²) >= 11 is 11.8. The first-order valence-corrected chi connectivity index (χ1v) is 7.00. The fourth-order valence-electron chi connectivity index (χ4n) is 2.13. The van der Waals surface area contributed by atoms with E-state index in [-0.39, 0.29) is 12.1 Å². The Morgan fingerprint density at radius 3 is 2.37 bits per heavy atom. The number of nitrogens with one attached hydrogen (secondary N) is 2. The number of carbonyl (C=O) groups is 1. The van der Waals surface area contributed by atoms with Gasteiger partial charge in [-0.25, -0.2) is 4.79 Å². The van der Waals surface area contributed by atoms with Gasteiger partial charge in [0.05, 0.1) is 0 Å². The van der Waals surface area contributed by atoms with Crippen molar-refractivity contribution in [3.63, 3.8) is 0 Å². The number of likely N-dealkylation sites (tertiary alicyclic amines) is 1. The molecule has 0 aliphatic carbocycles. The predicted octanol–water partition coefficient (Wildman–Crippen LogP) is 3.21. The first kappa shape index (κ1) is 14.4. The zero-order chi connectivity index (χ0) is 13.8. The number of anilines is 1. The second-order valence-electron chi connectivity index (χ2n) is 4.83. The molecule has 0 bridgehead atoms. The number of rotatable bonds is 2. The van der Waals surface area contributed by atoms with E-state index in [4.69, 9.17) is 23.2 Å². The molecule has 2 amide bonds. The zero-order valence-corrected chi connectivity index (χ0v) is 12.3. The van der Waals surface area contributed by atoms with Crippen LogP contribution in [-0.2, 0) is 0 Å². The number of carbonyl (C=O) groups excluding carboxylic acids is 1. The maximum Gasteiger partial charge on any atom is 0.319 e. The monoisotopic (exact) mass is 301 g/mol. The van der Waals surface area contributed by atoms with Crippen LogP contribution in [0.1, 0.15) is 12.8 Å². The second kappa shape index (κ2) is 6.46. The molecule has 0 radical (unpaired) electrons. The van der Waals surface area contributed by atoms with Crippen LogP contribution >= 0.6 is 23.2 Å². The van der Waals surface area contributed by atoms with Crippen molar-refractivity contribution in [3.8, 4) is 0 Å². The molecule has 1 saturated heterocycles. The number of benzene rings is 1. The predicted molar refractivity (Wildman–Crippen MR) is 79.1 cm³/mol. The minimum absolute atomic E-state index is 0.215. The Kier molecular flexibility index (Phi) is 4.91. The molecular formula is C13H17Cl2N3O. The van der Waals surface area contributed by atoms with Gasteiger partial charge in [0.1, 0.15) is 0 Å². The number of nitrogens with zero attached hydrogens (tertiary/aromatic N) is 1. The Hall–Kier alpha value is -0.970. The molecule has 0 atom stereocenters. The lowest BCUT2D eigenvalue weighted by atomic mass is 10.1. The Balaban J connectivity index is 1.87. The van der Waals surface area contributed by atoms with Crippen LogP contribution in [0, 0.1) is 0 Å². The number of hydrogen-bond acceptors (Lipinski definition) is 2. The van der Waals surface area contributed by atoms with Crippen LogP contribution in [0.5, 0.6) is 0 Å². The van der Waals surface area contributed by atoms with Crippen molar-refractivity contribution in [1.29, 1.82) is 0 Å². The summed E-state index contributed by atoms with van der Waals surface area (Å²) in [6.45, 7) is 2.02. The summed E-state index contributed by atoms with van der Waals surface area (Å²) in [7, 11) is 2.09. The van der Waals surface area contributed by atoms with Gasteiger partial charge in [-0.1, -0.05) is 23.2 Å². The number of halogens is 2. The molecule has 1 aromatic carbocycles. The van der Waals surface area contributed by atoms with Crippen molar-refractivity contribution in [1.82, 2.24) is 10.2 Å². The number of piperidine rings is 1. The summed E-state index contributed by atoms with van der Waals surface area (Å²) in [4.78, 5) is 14.1. The summed E-state index contributed by atoms with van der Waals surface area (Å²) in [6, 6.07) is 4.98. The normalized spacial score (nSPS) is 17.2. The maximum atomic E-state index is 11.9. The van der Waals surface area contributed by atoms with E-state index in [0.717, 1.165) is 25.9 Å². The van der Waals surface area contributed by atoms with E-state index in [1.54, 1.807) is 18.2 Å². The highest BCUT2D eigenvalue weighted by Crippen LogP contribution is 2.22. The maximum absolute atomic E-state index is 11.9. The zero-order valence-electron chi connectivity index (χ0n) is 10.7. The van der Waals surface area contributed by atoms with E-state index in [9.17, 15) is 4.79 Å². The molecular weight excluding hydrogens is 285 g/mol. The van der Waals surface area contributed by atoms with Gasteiger partial charge in [-0.05, 0) is 51.2 Å². The van der Waals surface area contributed by atoms with Crippen molar-refractivity contribution < 1.29 is 4.79 Å². The SMILES string of the molecule is CN1CCC(NC(=O)Nc2cc(Cl)cc(Cl)c2)CC1. The van der Waals surface area contributed by atoms with Gasteiger partial charge >= 0.3 is 6.03 Å². The Morgan fingerprint density at radius 2 is 1.79 bits per heavy atom. The van der Waals surface area contributed by atoms with E-state index in [0.29, 0.717) is 15.7 Å². The largest absolute Gasteiger partial charge is 0.335 e. The standard InChI is InChI=1S/C13H17Cl2N3O/c1-18-4-2-11(3-5-18)16-13(19)17-12-7-9(14)6-10(15)8-12/h6-8,11H,2-5H2,1H3,(H2,16,17,19). The van der Waals surface area contributed by atoms with E-state index in [1.165, 1.54) is 0 Å². The van der Waals surface area contributed by atoms with E-state index in [1.807, 2.05) is 0 Å². The fourth-order valence-corrected chi connectivity index (χ4v) is 2.66. The molecule has 6 heteroatoms. The molecule has 19 heavy (non-hydrogen) atoms. The van der Waals surface area contributed by atoms with Crippen LogP contribution in [0.15, 0.2) is 18.2 Å². The molecule has 1 heterocycles. The van der Waals surface area contributed by atoms with Crippen LogP contribution in [0.4, 0.5) is 10.5 Å². The molecule has 1 fully saturated rings. The molecule has 1 aliphatic heterocycles. The Morgan fingerprint density at radius 1 is 1.21 bits per heavy atom. The Bertz CT molecular complexity index is 439. The summed E-state index contributed by atoms with van der Waals surface area (Å²) in [5.74, 6) is 0. The molecule has 1 aliphatic rings. The van der Waals surface area contributed by atoms with Crippen molar-refractivity contribution in [2.45, 2.75) is 18.9 Å². The molecule has 0 unspecified atom stereocenters. The fraction of sp³-hybridized carbons (Fsp3) is 0.462. The van der Waals surface area contributed by atoms with E-state index in [2.05, 4.69) is 22.6 Å². The van der Waals surface area contributed by atoms with Gasteiger partial charge in [0.15, 0.2) is 0 Å². The third kappa shape index (κ3) is 4.56. The quantitative estimate of drug-likeness (QED) is 0.881. The third-order valence-corrected chi connectivity index (χ3v) is 3.61. The van der Waals surface area contributed by atoms with Gasteiger partial charge < -0.3 is 15.5 Å². The third-order valence-electron chi connectivity index (χ3n) is 3.17. The van der Waals surface area contributed by atoms with Gasteiger partial charge in [0.2, 0.25) is 0 Å².